The lowest BCUT2D eigenvalue weighted by molar-refractivity contribution is -0.384. The molecular formula is C18H24N4O4. The topological polar surface area (TPSA) is 82.7 Å². The molecule has 140 valence electrons. The normalized spacial score (nSPS) is 15.1. The van der Waals surface area contributed by atoms with Crippen LogP contribution in [-0.2, 0) is 7.05 Å². The molecule has 0 aliphatic carbocycles. The van der Waals surface area contributed by atoms with E-state index >= 15 is 0 Å². The van der Waals surface area contributed by atoms with Crippen molar-refractivity contribution in [2.45, 2.75) is 32.8 Å². The fraction of sp³-hybridized carbons (Fsp3) is 0.500. The van der Waals surface area contributed by atoms with Crippen LogP contribution in [0.3, 0.4) is 0 Å². The number of aromatic nitrogens is 2. The molecule has 0 N–H and O–H groups in total. The average molecular weight is 360 g/mol. The van der Waals surface area contributed by atoms with Crippen LogP contribution in [0.4, 0.5) is 11.5 Å². The molecule has 1 fully saturated rings. The molecule has 0 unspecified atom stereocenters. The quantitative estimate of drug-likeness (QED) is 0.581. The maximum absolute atomic E-state index is 11.4. The van der Waals surface area contributed by atoms with Gasteiger partial charge in [0, 0.05) is 33.0 Å². The summed E-state index contributed by atoms with van der Waals surface area (Å²) in [6, 6.07) is 7.65. The van der Waals surface area contributed by atoms with Gasteiger partial charge in [-0.25, -0.2) is 4.68 Å². The van der Waals surface area contributed by atoms with Crippen molar-refractivity contribution in [3.05, 3.63) is 40.1 Å². The predicted octanol–water partition coefficient (Wildman–Crippen LogP) is 3.08. The minimum atomic E-state index is -0.349. The number of para-hydroxylation sites is 2. The molecule has 8 nitrogen and oxygen atoms in total. The van der Waals surface area contributed by atoms with Crippen molar-refractivity contribution < 1.29 is 14.4 Å². The molecule has 26 heavy (non-hydrogen) atoms. The molecule has 3 rings (SSSR count). The highest BCUT2D eigenvalue weighted by Crippen LogP contribution is 2.34. The van der Waals surface area contributed by atoms with Crippen LogP contribution in [0.2, 0.25) is 0 Å². The summed E-state index contributed by atoms with van der Waals surface area (Å²) in [5.74, 6) is 2.06. The molecular weight excluding hydrogens is 336 g/mol. The van der Waals surface area contributed by atoms with Crippen LogP contribution in [0.15, 0.2) is 24.3 Å². The Morgan fingerprint density at radius 2 is 1.92 bits per heavy atom. The number of ether oxygens (including phenoxy) is 2. The van der Waals surface area contributed by atoms with E-state index < -0.39 is 0 Å². The average Bonchev–Trinajstić information content (AvgIpc) is 2.92. The van der Waals surface area contributed by atoms with Crippen molar-refractivity contribution in [3.8, 4) is 11.5 Å². The van der Waals surface area contributed by atoms with Crippen LogP contribution in [0, 0.1) is 17.0 Å². The van der Waals surface area contributed by atoms with Crippen LogP contribution < -0.4 is 14.4 Å². The van der Waals surface area contributed by atoms with E-state index in [-0.39, 0.29) is 16.7 Å². The Morgan fingerprint density at radius 1 is 1.27 bits per heavy atom. The number of hydrogen-bond donors (Lipinski definition) is 0. The summed E-state index contributed by atoms with van der Waals surface area (Å²) >= 11 is 0. The molecule has 1 aromatic heterocycles. The van der Waals surface area contributed by atoms with E-state index in [0.717, 1.165) is 24.3 Å². The first kappa shape index (κ1) is 18.0. The summed E-state index contributed by atoms with van der Waals surface area (Å²) < 4.78 is 13.3. The Balaban J connectivity index is 1.68. The highest BCUT2D eigenvalue weighted by molar-refractivity contribution is 5.61. The summed E-state index contributed by atoms with van der Waals surface area (Å²) in [4.78, 5) is 13.1. The third-order valence-corrected chi connectivity index (χ3v) is 4.53. The molecule has 1 saturated heterocycles. The van der Waals surface area contributed by atoms with E-state index in [9.17, 15) is 10.1 Å². The smallest absolute Gasteiger partial charge is 0.333 e. The number of hydrogen-bond acceptors (Lipinski definition) is 6. The zero-order chi connectivity index (χ0) is 18.7. The maximum Gasteiger partial charge on any atom is 0.333 e. The second-order valence-corrected chi connectivity index (χ2v) is 6.32. The van der Waals surface area contributed by atoms with Crippen molar-refractivity contribution in [1.82, 2.24) is 9.78 Å². The van der Waals surface area contributed by atoms with Crippen molar-refractivity contribution >= 4 is 11.5 Å². The second-order valence-electron chi connectivity index (χ2n) is 6.32. The number of aryl methyl sites for hydroxylation is 2. The molecule has 1 aromatic carbocycles. The van der Waals surface area contributed by atoms with Gasteiger partial charge in [0.1, 0.15) is 11.8 Å². The van der Waals surface area contributed by atoms with Gasteiger partial charge in [-0.1, -0.05) is 12.1 Å². The van der Waals surface area contributed by atoms with Crippen LogP contribution in [-0.4, -0.2) is 40.5 Å². The Labute approximate surface area is 152 Å². The van der Waals surface area contributed by atoms with Gasteiger partial charge in [-0.05, 0) is 26.0 Å². The highest BCUT2D eigenvalue weighted by Gasteiger charge is 2.31. The molecule has 0 bridgehead atoms. The fourth-order valence-electron chi connectivity index (χ4n) is 3.39. The molecule has 0 radical (unpaired) electrons. The molecule has 0 atom stereocenters. The van der Waals surface area contributed by atoms with Gasteiger partial charge < -0.3 is 14.4 Å². The van der Waals surface area contributed by atoms with Gasteiger partial charge in [0.2, 0.25) is 5.82 Å². The van der Waals surface area contributed by atoms with E-state index in [0.29, 0.717) is 31.2 Å². The molecule has 1 aliphatic rings. The van der Waals surface area contributed by atoms with Crippen LogP contribution in [0.5, 0.6) is 11.5 Å². The van der Waals surface area contributed by atoms with Gasteiger partial charge in [0.05, 0.1) is 11.5 Å². The number of anilines is 1. The molecule has 0 spiro atoms. The van der Waals surface area contributed by atoms with Crippen LogP contribution in [0.1, 0.15) is 25.5 Å². The van der Waals surface area contributed by atoms with Gasteiger partial charge in [0.15, 0.2) is 11.5 Å². The van der Waals surface area contributed by atoms with E-state index in [1.165, 1.54) is 0 Å². The van der Waals surface area contributed by atoms with Gasteiger partial charge in [0.25, 0.3) is 0 Å². The maximum atomic E-state index is 11.4. The van der Waals surface area contributed by atoms with Gasteiger partial charge in [-0.2, -0.15) is 5.10 Å². The Bertz CT molecular complexity index is 781. The van der Waals surface area contributed by atoms with Crippen molar-refractivity contribution in [1.29, 1.82) is 0 Å². The summed E-state index contributed by atoms with van der Waals surface area (Å²) in [5.41, 5.74) is 0.532. The first-order valence-corrected chi connectivity index (χ1v) is 8.82. The van der Waals surface area contributed by atoms with Crippen molar-refractivity contribution in [3.63, 3.8) is 0 Å². The summed E-state index contributed by atoms with van der Waals surface area (Å²) in [6.45, 7) is 5.56. The zero-order valence-electron chi connectivity index (χ0n) is 15.3. The number of nitrogens with zero attached hydrogens (tertiary/aromatic N) is 4. The van der Waals surface area contributed by atoms with Gasteiger partial charge in [-0.15, -0.1) is 0 Å². The van der Waals surface area contributed by atoms with Gasteiger partial charge >= 0.3 is 5.69 Å². The zero-order valence-corrected chi connectivity index (χ0v) is 15.3. The lowest BCUT2D eigenvalue weighted by Crippen LogP contribution is -2.39. The lowest BCUT2D eigenvalue weighted by Gasteiger charge is -2.33. The monoisotopic (exact) mass is 360 g/mol. The second kappa shape index (κ2) is 7.63. The molecule has 2 aromatic rings. The number of nitro groups is 1. The Kier molecular flexibility index (Phi) is 5.29. The van der Waals surface area contributed by atoms with E-state index in [1.54, 1.807) is 18.7 Å². The Morgan fingerprint density at radius 3 is 2.54 bits per heavy atom. The lowest BCUT2D eigenvalue weighted by atomic mass is 10.1. The SMILES string of the molecule is CCOc1ccccc1OC1CCN(c2c([N+](=O)[O-])c(C)nn2C)CC1. The predicted molar refractivity (Wildman–Crippen MR) is 98.1 cm³/mol. The first-order chi connectivity index (χ1) is 12.5. The standard InChI is InChI=1S/C18H24N4O4/c1-4-25-15-7-5-6-8-16(15)26-14-9-11-21(12-10-14)18-17(22(23)24)13(2)19-20(18)3/h5-8,14H,4,9-12H2,1-3H3. The molecule has 2 heterocycles. The molecule has 1 aliphatic heterocycles. The van der Waals surface area contributed by atoms with Gasteiger partial charge in [-0.3, -0.25) is 10.1 Å². The van der Waals surface area contributed by atoms with Crippen molar-refractivity contribution in [2.24, 2.45) is 7.05 Å². The summed E-state index contributed by atoms with van der Waals surface area (Å²) in [6.07, 6.45) is 1.62. The first-order valence-electron chi connectivity index (χ1n) is 8.82. The molecule has 8 heteroatoms. The summed E-state index contributed by atoms with van der Waals surface area (Å²) in [7, 11) is 1.75. The molecule has 0 amide bonds. The third-order valence-electron chi connectivity index (χ3n) is 4.53. The largest absolute Gasteiger partial charge is 0.490 e. The van der Waals surface area contributed by atoms with Crippen molar-refractivity contribution in [2.75, 3.05) is 24.6 Å². The molecule has 0 saturated carbocycles. The number of piperidine rings is 1. The fourth-order valence-corrected chi connectivity index (χ4v) is 3.39. The minimum Gasteiger partial charge on any atom is -0.490 e. The Hall–Kier alpha value is -2.77. The number of rotatable bonds is 6. The van der Waals surface area contributed by atoms with Crippen LogP contribution >= 0.6 is 0 Å². The minimum absolute atomic E-state index is 0.0567. The van der Waals surface area contributed by atoms with E-state index in [1.807, 2.05) is 36.1 Å². The number of benzene rings is 1. The third kappa shape index (κ3) is 3.58. The van der Waals surface area contributed by atoms with E-state index in [4.69, 9.17) is 9.47 Å². The summed E-state index contributed by atoms with van der Waals surface area (Å²) in [5, 5.41) is 15.6. The van der Waals surface area contributed by atoms with E-state index in [2.05, 4.69) is 5.10 Å². The van der Waals surface area contributed by atoms with Crippen LogP contribution in [0.25, 0.3) is 0 Å². The highest BCUT2D eigenvalue weighted by atomic mass is 16.6.